The summed E-state index contributed by atoms with van der Waals surface area (Å²) in [6, 6.07) is 9.14. The maximum Gasteiger partial charge on any atom is 0.416 e. The lowest BCUT2D eigenvalue weighted by Gasteiger charge is -2.12. The topological polar surface area (TPSA) is 71.1 Å². The van der Waals surface area contributed by atoms with Crippen LogP contribution in [0.5, 0.6) is 0 Å². The van der Waals surface area contributed by atoms with Crippen LogP contribution in [0.3, 0.4) is 0 Å². The molecule has 0 unspecified atom stereocenters. The number of alkyl halides is 3. The van der Waals surface area contributed by atoms with Crippen LogP contribution in [-0.4, -0.2) is 16.8 Å². The molecule has 0 saturated heterocycles. The number of halogens is 3. The molecule has 2 N–H and O–H groups in total. The fourth-order valence-electron chi connectivity index (χ4n) is 2.35. The lowest BCUT2D eigenvalue weighted by molar-refractivity contribution is -0.137. The van der Waals surface area contributed by atoms with Gasteiger partial charge in [0.05, 0.1) is 11.1 Å². The van der Waals surface area contributed by atoms with Gasteiger partial charge in [0.2, 0.25) is 0 Å². The molecular formula is C20H14F3N3O2S. The van der Waals surface area contributed by atoms with Gasteiger partial charge in [0.25, 0.3) is 11.8 Å². The van der Waals surface area contributed by atoms with Crippen molar-refractivity contribution >= 4 is 34.9 Å². The van der Waals surface area contributed by atoms with Crippen LogP contribution in [0.15, 0.2) is 71.3 Å². The number of hydrogen-bond acceptors (Lipinski definition) is 4. The number of pyridine rings is 1. The second-order valence-corrected chi connectivity index (χ2v) is 6.62. The van der Waals surface area contributed by atoms with Crippen molar-refractivity contribution in [2.75, 3.05) is 5.32 Å². The van der Waals surface area contributed by atoms with Crippen LogP contribution in [0, 0.1) is 0 Å². The second-order valence-electron chi connectivity index (χ2n) is 5.84. The predicted molar refractivity (Wildman–Crippen MR) is 104 cm³/mol. The molecule has 0 aliphatic rings. The number of carbonyl (C=O) groups is 2. The van der Waals surface area contributed by atoms with E-state index in [1.807, 2.05) is 0 Å². The number of anilines is 1. The average Bonchev–Trinajstić information content (AvgIpc) is 3.23. The first kappa shape index (κ1) is 20.3. The Bertz CT molecular complexity index is 1030. The Morgan fingerprint density at radius 1 is 1.10 bits per heavy atom. The van der Waals surface area contributed by atoms with E-state index in [9.17, 15) is 22.8 Å². The fourth-order valence-corrected chi connectivity index (χ4v) is 2.98. The molecule has 2 amide bonds. The monoisotopic (exact) mass is 417 g/mol. The molecule has 1 aromatic carbocycles. The van der Waals surface area contributed by atoms with Gasteiger partial charge >= 0.3 is 6.18 Å². The summed E-state index contributed by atoms with van der Waals surface area (Å²) < 4.78 is 38.7. The first-order valence-corrected chi connectivity index (χ1v) is 9.21. The van der Waals surface area contributed by atoms with Crippen LogP contribution in [0.1, 0.15) is 21.5 Å². The quantitative estimate of drug-likeness (QED) is 0.598. The van der Waals surface area contributed by atoms with Gasteiger partial charge in [0.1, 0.15) is 5.70 Å². The highest BCUT2D eigenvalue weighted by atomic mass is 32.1. The number of hydrogen-bond donors (Lipinski definition) is 2. The van der Waals surface area contributed by atoms with E-state index in [0.29, 0.717) is 11.1 Å². The maximum absolute atomic E-state index is 12.9. The Morgan fingerprint density at radius 2 is 1.93 bits per heavy atom. The van der Waals surface area contributed by atoms with Gasteiger partial charge < -0.3 is 10.6 Å². The molecule has 148 valence electrons. The largest absolute Gasteiger partial charge is 0.416 e. The molecule has 0 atom stereocenters. The molecule has 0 saturated carbocycles. The predicted octanol–water partition coefficient (Wildman–Crippen LogP) is 4.57. The van der Waals surface area contributed by atoms with Gasteiger partial charge in [-0.2, -0.15) is 24.5 Å². The van der Waals surface area contributed by atoms with Gasteiger partial charge in [0, 0.05) is 23.5 Å². The average molecular weight is 417 g/mol. The third kappa shape index (κ3) is 5.52. The summed E-state index contributed by atoms with van der Waals surface area (Å²) in [7, 11) is 0. The molecule has 9 heteroatoms. The van der Waals surface area contributed by atoms with Crippen molar-refractivity contribution < 1.29 is 22.8 Å². The second kappa shape index (κ2) is 8.70. The molecule has 0 spiro atoms. The number of aromatic nitrogens is 1. The van der Waals surface area contributed by atoms with E-state index in [1.54, 1.807) is 35.2 Å². The van der Waals surface area contributed by atoms with Crippen LogP contribution >= 0.6 is 11.3 Å². The van der Waals surface area contributed by atoms with Crippen molar-refractivity contribution in [2.45, 2.75) is 6.18 Å². The molecular weight excluding hydrogens is 403 g/mol. The standard InChI is InChI=1S/C20H14F3N3O2S/c21-20(22,23)15-4-1-5-16(10-15)25-19(28)17(9-13-3-2-7-24-11-13)26-18(27)14-6-8-29-12-14/h1-12H,(H,25,28)(H,26,27). The molecule has 5 nitrogen and oxygen atoms in total. The zero-order valence-electron chi connectivity index (χ0n) is 14.7. The van der Waals surface area contributed by atoms with Gasteiger partial charge in [0.15, 0.2) is 0 Å². The van der Waals surface area contributed by atoms with Crippen molar-refractivity contribution in [3.63, 3.8) is 0 Å². The summed E-state index contributed by atoms with van der Waals surface area (Å²) in [6.45, 7) is 0. The molecule has 3 aromatic rings. The Morgan fingerprint density at radius 3 is 2.59 bits per heavy atom. The Kier molecular flexibility index (Phi) is 6.08. The zero-order valence-corrected chi connectivity index (χ0v) is 15.6. The molecule has 0 radical (unpaired) electrons. The summed E-state index contributed by atoms with van der Waals surface area (Å²) >= 11 is 1.32. The van der Waals surface area contributed by atoms with E-state index < -0.39 is 23.6 Å². The number of benzene rings is 1. The molecule has 2 heterocycles. The normalized spacial score (nSPS) is 11.8. The minimum absolute atomic E-state index is 0.0494. The SMILES string of the molecule is O=C(Nc1cccc(C(F)(F)F)c1)C(=Cc1cccnc1)NC(=O)c1ccsc1. The van der Waals surface area contributed by atoms with Gasteiger partial charge in [-0.1, -0.05) is 12.1 Å². The van der Waals surface area contributed by atoms with Crippen molar-refractivity contribution in [2.24, 2.45) is 0 Å². The first-order valence-electron chi connectivity index (χ1n) is 8.27. The third-order valence-corrected chi connectivity index (χ3v) is 4.40. The highest BCUT2D eigenvalue weighted by Gasteiger charge is 2.30. The fraction of sp³-hybridized carbons (Fsp3) is 0.0500. The summed E-state index contributed by atoms with van der Waals surface area (Å²) in [6.07, 6.45) is -0.125. The smallest absolute Gasteiger partial charge is 0.321 e. The molecule has 0 aliphatic heterocycles. The van der Waals surface area contributed by atoms with E-state index in [0.717, 1.165) is 12.1 Å². The van der Waals surface area contributed by atoms with E-state index >= 15 is 0 Å². The summed E-state index contributed by atoms with van der Waals surface area (Å²) in [4.78, 5) is 29.0. The number of rotatable bonds is 5. The summed E-state index contributed by atoms with van der Waals surface area (Å²) in [5, 5.41) is 8.21. The van der Waals surface area contributed by atoms with E-state index in [1.165, 1.54) is 35.7 Å². The molecule has 0 fully saturated rings. The van der Waals surface area contributed by atoms with E-state index in [2.05, 4.69) is 15.6 Å². The van der Waals surface area contributed by atoms with Gasteiger partial charge in [-0.05, 0) is 47.4 Å². The molecule has 2 aromatic heterocycles. The van der Waals surface area contributed by atoms with Crippen molar-refractivity contribution in [1.29, 1.82) is 0 Å². The summed E-state index contributed by atoms with van der Waals surface area (Å²) in [5.41, 5.74) is -0.181. The molecule has 0 aliphatic carbocycles. The van der Waals surface area contributed by atoms with Crippen LogP contribution in [0.25, 0.3) is 6.08 Å². The van der Waals surface area contributed by atoms with Gasteiger partial charge in [-0.3, -0.25) is 14.6 Å². The lowest BCUT2D eigenvalue weighted by atomic mass is 10.2. The highest BCUT2D eigenvalue weighted by molar-refractivity contribution is 7.08. The zero-order chi connectivity index (χ0) is 20.9. The van der Waals surface area contributed by atoms with Crippen LogP contribution < -0.4 is 10.6 Å². The van der Waals surface area contributed by atoms with Gasteiger partial charge in [-0.15, -0.1) is 0 Å². The first-order chi connectivity index (χ1) is 13.8. The minimum atomic E-state index is -4.54. The summed E-state index contributed by atoms with van der Waals surface area (Å²) in [5.74, 6) is -1.28. The number of thiophene rings is 1. The Labute approximate surface area is 167 Å². The number of nitrogens with one attached hydrogen (secondary N) is 2. The number of nitrogens with zero attached hydrogens (tertiary/aromatic N) is 1. The van der Waals surface area contributed by atoms with Crippen LogP contribution in [-0.2, 0) is 11.0 Å². The number of carbonyl (C=O) groups excluding carboxylic acids is 2. The highest BCUT2D eigenvalue weighted by Crippen LogP contribution is 2.30. The molecule has 29 heavy (non-hydrogen) atoms. The molecule has 3 rings (SSSR count). The lowest BCUT2D eigenvalue weighted by Crippen LogP contribution is -2.30. The minimum Gasteiger partial charge on any atom is -0.321 e. The van der Waals surface area contributed by atoms with E-state index in [4.69, 9.17) is 0 Å². The third-order valence-electron chi connectivity index (χ3n) is 3.72. The van der Waals surface area contributed by atoms with Crippen molar-refractivity contribution in [3.05, 3.63) is 88.0 Å². The molecule has 0 bridgehead atoms. The number of amides is 2. The van der Waals surface area contributed by atoms with Crippen LogP contribution in [0.2, 0.25) is 0 Å². The Hall–Kier alpha value is -3.46. The van der Waals surface area contributed by atoms with Crippen molar-refractivity contribution in [1.82, 2.24) is 10.3 Å². The van der Waals surface area contributed by atoms with Crippen LogP contribution in [0.4, 0.5) is 18.9 Å². The Balaban J connectivity index is 1.86. The van der Waals surface area contributed by atoms with Gasteiger partial charge in [-0.25, -0.2) is 0 Å². The van der Waals surface area contributed by atoms with E-state index in [-0.39, 0.29) is 11.4 Å². The van der Waals surface area contributed by atoms with Crippen molar-refractivity contribution in [3.8, 4) is 0 Å². The maximum atomic E-state index is 12.9.